The number of pyridine rings is 1. The van der Waals surface area contributed by atoms with Crippen LogP contribution in [-0.2, 0) is 20.8 Å². The Morgan fingerprint density at radius 2 is 2.03 bits per heavy atom. The van der Waals surface area contributed by atoms with Gasteiger partial charge in [-0.25, -0.2) is 4.98 Å². The average molecular weight is 421 g/mol. The molecule has 0 radical (unpaired) electrons. The Balaban J connectivity index is 1.39. The maximum Gasteiger partial charge on any atom is 0.325 e. The van der Waals surface area contributed by atoms with Crippen LogP contribution in [0.15, 0.2) is 65.2 Å². The zero-order chi connectivity index (χ0) is 20.9. The summed E-state index contributed by atoms with van der Waals surface area (Å²) in [4.78, 5) is 6.24. The molecule has 0 bridgehead atoms. The van der Waals surface area contributed by atoms with E-state index in [2.05, 4.69) is 20.5 Å². The van der Waals surface area contributed by atoms with Crippen LogP contribution in [0, 0.1) is 0 Å². The van der Waals surface area contributed by atoms with Gasteiger partial charge in [-0.2, -0.15) is 0 Å². The largest absolute Gasteiger partial charge is 0.459 e. The van der Waals surface area contributed by atoms with Crippen molar-refractivity contribution in [3.05, 3.63) is 66.4 Å². The molecule has 1 aromatic carbocycles. The van der Waals surface area contributed by atoms with Crippen molar-refractivity contribution in [2.24, 2.45) is 0 Å². The van der Waals surface area contributed by atoms with Gasteiger partial charge in [-0.05, 0) is 30.5 Å². The maximum absolute atomic E-state index is 6.05. The Labute approximate surface area is 179 Å². The monoisotopic (exact) mass is 421 g/mol. The summed E-state index contributed by atoms with van der Waals surface area (Å²) in [7, 11) is 0. The number of hydrogen-bond donors (Lipinski definition) is 1. The molecule has 1 fully saturated rings. The van der Waals surface area contributed by atoms with Crippen molar-refractivity contribution < 1.29 is 18.6 Å². The van der Waals surface area contributed by atoms with Crippen molar-refractivity contribution in [2.75, 3.05) is 30.2 Å². The van der Waals surface area contributed by atoms with Crippen LogP contribution in [0.25, 0.3) is 11.5 Å². The van der Waals surface area contributed by atoms with Gasteiger partial charge >= 0.3 is 6.01 Å². The van der Waals surface area contributed by atoms with Gasteiger partial charge in [-0.15, -0.1) is 5.10 Å². The van der Waals surface area contributed by atoms with E-state index >= 15 is 0 Å². The number of nitrogens with zero attached hydrogens (tertiary/aromatic N) is 4. The molecule has 5 rings (SSSR count). The zero-order valence-corrected chi connectivity index (χ0v) is 16.9. The summed E-state index contributed by atoms with van der Waals surface area (Å²) < 4.78 is 22.5. The van der Waals surface area contributed by atoms with Crippen LogP contribution in [-0.4, -0.2) is 41.2 Å². The van der Waals surface area contributed by atoms with Gasteiger partial charge in [-0.3, -0.25) is 4.90 Å². The lowest BCUT2D eigenvalue weighted by Gasteiger charge is -2.19. The van der Waals surface area contributed by atoms with Crippen LogP contribution in [0.1, 0.15) is 18.4 Å². The minimum absolute atomic E-state index is 0.154. The quantitative estimate of drug-likeness (QED) is 0.586. The van der Waals surface area contributed by atoms with E-state index in [0.717, 1.165) is 30.6 Å². The zero-order valence-electron chi connectivity index (χ0n) is 16.9. The second-order valence-electron chi connectivity index (χ2n) is 7.26. The molecule has 0 saturated carbocycles. The van der Waals surface area contributed by atoms with E-state index < -0.39 is 0 Å². The molecule has 2 aliphatic rings. The molecule has 9 nitrogen and oxygen atoms in total. The van der Waals surface area contributed by atoms with Gasteiger partial charge in [0.1, 0.15) is 12.1 Å². The van der Waals surface area contributed by atoms with Crippen LogP contribution < -0.4 is 10.2 Å². The maximum atomic E-state index is 6.05. The smallest absolute Gasteiger partial charge is 0.325 e. The van der Waals surface area contributed by atoms with E-state index in [4.69, 9.17) is 18.6 Å². The summed E-state index contributed by atoms with van der Waals surface area (Å²) in [6.45, 7) is 2.15. The molecule has 0 aliphatic carbocycles. The molecular weight excluding hydrogens is 398 g/mol. The van der Waals surface area contributed by atoms with Gasteiger partial charge in [-0.1, -0.05) is 35.4 Å². The summed E-state index contributed by atoms with van der Waals surface area (Å²) in [6.07, 6.45) is 5.61. The predicted octanol–water partition coefficient (Wildman–Crippen LogP) is 3.53. The fourth-order valence-electron chi connectivity index (χ4n) is 3.55. The molecule has 9 heteroatoms. The average Bonchev–Trinajstić information content (AvgIpc) is 3.60. The molecule has 2 aromatic heterocycles. The Kier molecular flexibility index (Phi) is 5.66. The van der Waals surface area contributed by atoms with Gasteiger partial charge in [0, 0.05) is 19.3 Å². The minimum Gasteiger partial charge on any atom is -0.459 e. The number of aromatic nitrogens is 3. The Morgan fingerprint density at radius 1 is 1.10 bits per heavy atom. The van der Waals surface area contributed by atoms with Crippen molar-refractivity contribution in [2.45, 2.75) is 25.5 Å². The molecule has 1 N–H and O–H groups in total. The Morgan fingerprint density at radius 3 is 2.84 bits per heavy atom. The SMILES string of the molecule is C1=C(N(Cc2ccccc2)c2nnc(-c3cccnc3NCC3CCCO3)o2)OCO1. The van der Waals surface area contributed by atoms with Crippen molar-refractivity contribution in [1.29, 1.82) is 0 Å². The van der Waals surface area contributed by atoms with E-state index in [0.29, 0.717) is 36.7 Å². The standard InChI is InChI=1S/C22H23N5O4/c1-2-6-16(7-3-1)13-27(19-14-28-15-30-19)22-26-25-21(31-22)18-9-4-10-23-20(18)24-12-17-8-5-11-29-17/h1-4,6-7,9-10,14,17H,5,8,11-13,15H2,(H,23,24). The lowest BCUT2D eigenvalue weighted by Crippen LogP contribution is -2.22. The highest BCUT2D eigenvalue weighted by Gasteiger charge is 2.25. The first kappa shape index (κ1) is 19.4. The molecule has 2 aliphatic heterocycles. The highest BCUT2D eigenvalue weighted by atomic mass is 16.7. The molecule has 0 spiro atoms. The number of rotatable bonds is 8. The first-order valence-electron chi connectivity index (χ1n) is 10.3. The second-order valence-corrected chi connectivity index (χ2v) is 7.26. The number of nitrogens with one attached hydrogen (secondary N) is 1. The summed E-state index contributed by atoms with van der Waals surface area (Å²) in [5, 5.41) is 11.9. The number of hydrogen-bond acceptors (Lipinski definition) is 9. The van der Waals surface area contributed by atoms with E-state index in [9.17, 15) is 0 Å². The molecular formula is C22H23N5O4. The number of benzene rings is 1. The van der Waals surface area contributed by atoms with Gasteiger partial charge in [0.15, 0.2) is 0 Å². The van der Waals surface area contributed by atoms with Crippen LogP contribution >= 0.6 is 0 Å². The van der Waals surface area contributed by atoms with Crippen LogP contribution in [0.3, 0.4) is 0 Å². The summed E-state index contributed by atoms with van der Waals surface area (Å²) in [5.41, 5.74) is 1.80. The molecule has 3 aromatic rings. The highest BCUT2D eigenvalue weighted by molar-refractivity contribution is 5.69. The van der Waals surface area contributed by atoms with E-state index in [1.807, 2.05) is 42.5 Å². The van der Waals surface area contributed by atoms with Crippen LogP contribution in [0.5, 0.6) is 0 Å². The normalized spacial score (nSPS) is 17.7. The van der Waals surface area contributed by atoms with Crippen molar-refractivity contribution in [3.63, 3.8) is 0 Å². The molecule has 1 atom stereocenters. The Bertz CT molecular complexity index is 1030. The van der Waals surface area contributed by atoms with Gasteiger partial charge in [0.25, 0.3) is 5.89 Å². The third-order valence-corrected chi connectivity index (χ3v) is 5.11. The van der Waals surface area contributed by atoms with Crippen LogP contribution in [0.4, 0.5) is 11.8 Å². The van der Waals surface area contributed by atoms with Crippen molar-refractivity contribution in [3.8, 4) is 11.5 Å². The van der Waals surface area contributed by atoms with E-state index in [1.165, 1.54) is 0 Å². The number of anilines is 2. The fourth-order valence-corrected chi connectivity index (χ4v) is 3.55. The lowest BCUT2D eigenvalue weighted by atomic mass is 10.2. The second kappa shape index (κ2) is 9.05. The Hall–Kier alpha value is -3.59. The molecule has 31 heavy (non-hydrogen) atoms. The first-order valence-corrected chi connectivity index (χ1v) is 10.3. The predicted molar refractivity (Wildman–Crippen MR) is 113 cm³/mol. The third kappa shape index (κ3) is 4.46. The summed E-state index contributed by atoms with van der Waals surface area (Å²) in [5.74, 6) is 1.57. The summed E-state index contributed by atoms with van der Waals surface area (Å²) in [6, 6.07) is 14.0. The lowest BCUT2D eigenvalue weighted by molar-refractivity contribution is 0.0776. The van der Waals surface area contributed by atoms with E-state index in [1.54, 1.807) is 17.4 Å². The van der Waals surface area contributed by atoms with Crippen molar-refractivity contribution in [1.82, 2.24) is 15.2 Å². The molecule has 1 unspecified atom stereocenters. The van der Waals surface area contributed by atoms with Crippen molar-refractivity contribution >= 4 is 11.8 Å². The van der Waals surface area contributed by atoms with Gasteiger partial charge in [0.05, 0.1) is 18.2 Å². The first-order chi connectivity index (χ1) is 15.4. The molecule has 0 amide bonds. The van der Waals surface area contributed by atoms with Gasteiger partial charge in [0.2, 0.25) is 12.7 Å². The molecule has 4 heterocycles. The van der Waals surface area contributed by atoms with Crippen LogP contribution in [0.2, 0.25) is 0 Å². The fraction of sp³-hybridized carbons (Fsp3) is 0.318. The van der Waals surface area contributed by atoms with E-state index in [-0.39, 0.29) is 12.9 Å². The highest BCUT2D eigenvalue weighted by Crippen LogP contribution is 2.30. The third-order valence-electron chi connectivity index (χ3n) is 5.11. The minimum atomic E-state index is 0.154. The number of ether oxygens (including phenoxy) is 3. The topological polar surface area (TPSA) is 94.8 Å². The van der Waals surface area contributed by atoms with Gasteiger partial charge < -0.3 is 23.9 Å². The molecule has 160 valence electrons. The molecule has 1 saturated heterocycles. The summed E-state index contributed by atoms with van der Waals surface area (Å²) >= 11 is 0.